The Morgan fingerprint density at radius 2 is 1.82 bits per heavy atom. The molecule has 0 heterocycles. The molecule has 1 aromatic rings. The Morgan fingerprint density at radius 3 is 2.36 bits per heavy atom. The number of halogens is 2. The first kappa shape index (κ1) is 16.1. The summed E-state index contributed by atoms with van der Waals surface area (Å²) < 4.78 is 0. The van der Waals surface area contributed by atoms with Gasteiger partial charge in [0.1, 0.15) is 5.71 Å². The molecule has 1 aromatic carbocycles. The minimum Gasteiger partial charge on any atom is -0.286 e. The molecule has 22 heavy (non-hydrogen) atoms. The highest BCUT2D eigenvalue weighted by Gasteiger charge is 2.24. The van der Waals surface area contributed by atoms with Gasteiger partial charge >= 0.3 is 0 Å². The van der Waals surface area contributed by atoms with Crippen molar-refractivity contribution in [2.24, 2.45) is 4.99 Å². The van der Waals surface area contributed by atoms with E-state index < -0.39 is 16.6 Å². The summed E-state index contributed by atoms with van der Waals surface area (Å²) in [4.78, 5) is 37.6. The van der Waals surface area contributed by atoms with Gasteiger partial charge in [-0.3, -0.25) is 19.7 Å². The minimum absolute atomic E-state index is 0.0947. The van der Waals surface area contributed by atoms with Crippen molar-refractivity contribution in [2.45, 2.75) is 6.92 Å². The van der Waals surface area contributed by atoms with Crippen LogP contribution in [0.4, 0.5) is 5.69 Å². The van der Waals surface area contributed by atoms with Gasteiger partial charge in [0, 0.05) is 22.7 Å². The van der Waals surface area contributed by atoms with Gasteiger partial charge in [-0.25, -0.2) is 4.99 Å². The quantitative estimate of drug-likeness (QED) is 0.469. The average Bonchev–Trinajstić information content (AvgIpc) is 2.50. The Kier molecular flexibility index (Phi) is 4.54. The summed E-state index contributed by atoms with van der Waals surface area (Å²) in [5.41, 5.74) is 0.194. The number of aliphatic imine (C=N–C) groups is 1. The first-order valence-corrected chi connectivity index (χ1v) is 6.73. The Labute approximate surface area is 134 Å². The zero-order valence-corrected chi connectivity index (χ0v) is 12.7. The fourth-order valence-electron chi connectivity index (χ4n) is 1.66. The van der Waals surface area contributed by atoms with E-state index in [-0.39, 0.29) is 27.0 Å². The van der Waals surface area contributed by atoms with Crippen molar-refractivity contribution < 1.29 is 14.5 Å². The van der Waals surface area contributed by atoms with Crippen LogP contribution in [0.5, 0.6) is 0 Å². The number of allylic oxidation sites excluding steroid dienone is 4. The molecule has 0 spiro atoms. The molecule has 0 unspecified atom stereocenters. The molecule has 0 atom stereocenters. The number of Topliss-reactive ketones (excluding diaryl/α,β-unsaturated/α-hetero) is 1. The number of nitro groups is 1. The third kappa shape index (κ3) is 3.13. The lowest BCUT2D eigenvalue weighted by atomic mass is 10.0. The Bertz CT molecular complexity index is 777. The van der Waals surface area contributed by atoms with Gasteiger partial charge in [0.15, 0.2) is 0 Å². The molecule has 0 aliphatic heterocycles. The van der Waals surface area contributed by atoms with Gasteiger partial charge in [0.05, 0.1) is 9.96 Å². The van der Waals surface area contributed by atoms with Gasteiger partial charge in [-0.2, -0.15) is 0 Å². The van der Waals surface area contributed by atoms with Gasteiger partial charge in [-0.1, -0.05) is 23.2 Å². The monoisotopic (exact) mass is 338 g/mol. The highest BCUT2D eigenvalue weighted by Crippen LogP contribution is 2.26. The van der Waals surface area contributed by atoms with Crippen LogP contribution in [0.15, 0.2) is 51.0 Å². The zero-order valence-electron chi connectivity index (χ0n) is 11.2. The Hall–Kier alpha value is -2.31. The second-order valence-electron chi connectivity index (χ2n) is 4.37. The summed E-state index contributed by atoms with van der Waals surface area (Å²) >= 11 is 11.7. The van der Waals surface area contributed by atoms with Crippen LogP contribution in [-0.2, 0) is 4.79 Å². The van der Waals surface area contributed by atoms with Crippen LogP contribution < -0.4 is 0 Å². The maximum atomic E-state index is 12.0. The van der Waals surface area contributed by atoms with Crippen molar-refractivity contribution in [1.29, 1.82) is 0 Å². The second kappa shape index (κ2) is 6.21. The molecule has 0 saturated heterocycles. The van der Waals surface area contributed by atoms with Gasteiger partial charge in [-0.05, 0) is 30.7 Å². The van der Waals surface area contributed by atoms with E-state index in [0.29, 0.717) is 5.57 Å². The molecule has 0 bridgehead atoms. The molecule has 1 aliphatic carbocycles. The molecule has 0 N–H and O–H groups in total. The fourth-order valence-corrected chi connectivity index (χ4v) is 2.11. The van der Waals surface area contributed by atoms with E-state index >= 15 is 0 Å². The van der Waals surface area contributed by atoms with Crippen LogP contribution in [0, 0.1) is 10.1 Å². The van der Waals surface area contributed by atoms with Crippen LogP contribution in [0.2, 0.25) is 0 Å². The van der Waals surface area contributed by atoms with E-state index in [1.165, 1.54) is 30.3 Å². The van der Waals surface area contributed by atoms with Crippen LogP contribution in [0.25, 0.3) is 0 Å². The average molecular weight is 339 g/mol. The van der Waals surface area contributed by atoms with Crippen molar-refractivity contribution in [2.75, 3.05) is 0 Å². The SMILES string of the molecule is CC1=C(Cl)C(=O)C(=NC(=O)c2ccc([N+](=O)[O-])cc2)C=C1Cl. The van der Waals surface area contributed by atoms with E-state index in [9.17, 15) is 19.7 Å². The van der Waals surface area contributed by atoms with Crippen molar-refractivity contribution in [3.63, 3.8) is 0 Å². The van der Waals surface area contributed by atoms with E-state index in [4.69, 9.17) is 23.2 Å². The number of hydrogen-bond acceptors (Lipinski definition) is 4. The molecule has 1 aliphatic rings. The van der Waals surface area contributed by atoms with Gasteiger partial charge in [0.25, 0.3) is 11.6 Å². The molecule has 2 rings (SSSR count). The van der Waals surface area contributed by atoms with E-state index in [0.717, 1.165) is 0 Å². The first-order chi connectivity index (χ1) is 10.3. The zero-order chi connectivity index (χ0) is 16.4. The van der Waals surface area contributed by atoms with E-state index in [1.54, 1.807) is 6.92 Å². The summed E-state index contributed by atoms with van der Waals surface area (Å²) in [5.74, 6) is -1.32. The highest BCUT2D eigenvalue weighted by atomic mass is 35.5. The normalized spacial score (nSPS) is 16.8. The lowest BCUT2D eigenvalue weighted by Crippen LogP contribution is -2.19. The number of non-ortho nitro benzene ring substituents is 1. The first-order valence-electron chi connectivity index (χ1n) is 5.97. The lowest BCUT2D eigenvalue weighted by Gasteiger charge is -2.10. The number of ketones is 1. The molecular formula is C14H8Cl2N2O4. The summed E-state index contributed by atoms with van der Waals surface area (Å²) in [6.45, 7) is 1.58. The number of nitrogens with zero attached hydrogens (tertiary/aromatic N) is 2. The summed E-state index contributed by atoms with van der Waals surface area (Å²) in [6.07, 6.45) is 1.26. The number of rotatable bonds is 2. The third-order valence-corrected chi connectivity index (χ3v) is 3.78. The van der Waals surface area contributed by atoms with Crippen LogP contribution >= 0.6 is 23.2 Å². The van der Waals surface area contributed by atoms with Gasteiger partial charge < -0.3 is 0 Å². The summed E-state index contributed by atoms with van der Waals surface area (Å²) in [7, 11) is 0. The molecule has 0 aromatic heterocycles. The van der Waals surface area contributed by atoms with Gasteiger partial charge in [0.2, 0.25) is 5.78 Å². The van der Waals surface area contributed by atoms with Gasteiger partial charge in [-0.15, -0.1) is 0 Å². The summed E-state index contributed by atoms with van der Waals surface area (Å²) in [6, 6.07) is 4.86. The topological polar surface area (TPSA) is 89.6 Å². The standard InChI is InChI=1S/C14H8Cl2N2O4/c1-7-10(15)6-11(13(19)12(7)16)17-14(20)8-2-4-9(5-3-8)18(21)22/h2-6H,1H3. The lowest BCUT2D eigenvalue weighted by molar-refractivity contribution is -0.384. The number of benzene rings is 1. The van der Waals surface area contributed by atoms with Crippen LogP contribution in [-0.4, -0.2) is 22.3 Å². The smallest absolute Gasteiger partial charge is 0.277 e. The van der Waals surface area contributed by atoms with Crippen molar-refractivity contribution >= 4 is 46.3 Å². The highest BCUT2D eigenvalue weighted by molar-refractivity contribution is 6.64. The number of amides is 1. The molecule has 6 nitrogen and oxygen atoms in total. The van der Waals surface area contributed by atoms with Crippen molar-refractivity contribution in [3.8, 4) is 0 Å². The molecular weight excluding hydrogens is 331 g/mol. The Balaban J connectivity index is 2.32. The maximum Gasteiger partial charge on any atom is 0.277 e. The molecule has 0 saturated carbocycles. The molecule has 112 valence electrons. The predicted octanol–water partition coefficient (Wildman–Crippen LogP) is 3.39. The van der Waals surface area contributed by atoms with Crippen LogP contribution in [0.1, 0.15) is 17.3 Å². The predicted molar refractivity (Wildman–Crippen MR) is 82.4 cm³/mol. The van der Waals surface area contributed by atoms with Crippen molar-refractivity contribution in [3.05, 3.63) is 61.7 Å². The molecule has 0 radical (unpaired) electrons. The fraction of sp³-hybridized carbons (Fsp3) is 0.0714. The van der Waals surface area contributed by atoms with E-state index in [2.05, 4.69) is 4.99 Å². The number of carbonyl (C=O) groups excluding carboxylic acids is 2. The summed E-state index contributed by atoms with van der Waals surface area (Å²) in [5, 5.41) is 10.7. The number of hydrogen-bond donors (Lipinski definition) is 0. The molecule has 1 amide bonds. The van der Waals surface area contributed by atoms with E-state index in [1.807, 2.05) is 0 Å². The number of nitro benzene ring substituents is 1. The Morgan fingerprint density at radius 1 is 1.23 bits per heavy atom. The van der Waals surface area contributed by atoms with Crippen LogP contribution in [0.3, 0.4) is 0 Å². The molecule has 8 heteroatoms. The van der Waals surface area contributed by atoms with Crippen molar-refractivity contribution in [1.82, 2.24) is 0 Å². The number of carbonyl (C=O) groups is 2. The largest absolute Gasteiger partial charge is 0.286 e. The third-order valence-electron chi connectivity index (χ3n) is 2.93. The maximum absolute atomic E-state index is 12.0. The second-order valence-corrected chi connectivity index (χ2v) is 5.15. The molecule has 0 fully saturated rings. The minimum atomic E-state index is -0.719.